The lowest BCUT2D eigenvalue weighted by Gasteiger charge is -2.36. The van der Waals surface area contributed by atoms with Crippen molar-refractivity contribution >= 4 is 0 Å². The van der Waals surface area contributed by atoms with Gasteiger partial charge >= 0.3 is 0 Å². The molecule has 2 aliphatic rings. The van der Waals surface area contributed by atoms with E-state index in [1.807, 2.05) is 0 Å². The third-order valence-electron chi connectivity index (χ3n) is 5.96. The van der Waals surface area contributed by atoms with Gasteiger partial charge in [0.05, 0.1) is 13.2 Å². The first kappa shape index (κ1) is 22.0. The van der Waals surface area contributed by atoms with E-state index in [4.69, 9.17) is 4.74 Å². The molecule has 0 heterocycles. The normalized spacial score (nSPS) is 28.2. The minimum Gasteiger partial charge on any atom is -0.494 e. The molecule has 1 aromatic carbocycles. The van der Waals surface area contributed by atoms with Crippen molar-refractivity contribution in [2.24, 2.45) is 17.8 Å². The Balaban J connectivity index is 0.000000537. The predicted octanol–water partition coefficient (Wildman–Crippen LogP) is 6.92. The molecule has 27 heavy (non-hydrogen) atoms. The molecular weight excluding hydrogens is 360 g/mol. The highest BCUT2D eigenvalue weighted by molar-refractivity contribution is 5.25. The highest BCUT2D eigenvalue weighted by Crippen LogP contribution is 2.40. The summed E-state index contributed by atoms with van der Waals surface area (Å²) in [6, 6.07) is 1.82. The lowest BCUT2D eigenvalue weighted by atomic mass is 9.71. The van der Waals surface area contributed by atoms with Crippen molar-refractivity contribution in [3.63, 3.8) is 0 Å². The molecule has 2 saturated carbocycles. The molecular formula is C21H34F4O2. The maximum Gasteiger partial charge on any atom is 0.203 e. The largest absolute Gasteiger partial charge is 0.494 e. The SMILES string of the molecule is CC1CCC(C2CCC(OCF)CC2)CC1.COc1ccc(F)c(F)c1F.[HH].[HH]. The van der Waals surface area contributed by atoms with Crippen LogP contribution in [0.15, 0.2) is 12.1 Å². The van der Waals surface area contributed by atoms with Crippen molar-refractivity contribution in [3.8, 4) is 5.75 Å². The Hall–Kier alpha value is -1.30. The Morgan fingerprint density at radius 3 is 1.96 bits per heavy atom. The molecule has 0 aromatic heterocycles. The van der Waals surface area contributed by atoms with Gasteiger partial charge in [-0.3, -0.25) is 0 Å². The van der Waals surface area contributed by atoms with Crippen molar-refractivity contribution in [2.45, 2.75) is 64.4 Å². The Bertz CT molecular complexity index is 576. The van der Waals surface area contributed by atoms with E-state index in [2.05, 4.69) is 11.7 Å². The second-order valence-corrected chi connectivity index (χ2v) is 7.71. The number of rotatable bonds is 4. The molecule has 0 aliphatic heterocycles. The minimum atomic E-state index is -1.51. The minimum absolute atomic E-state index is 0. The lowest BCUT2D eigenvalue weighted by molar-refractivity contribution is -0.0345. The van der Waals surface area contributed by atoms with E-state index in [0.717, 1.165) is 42.7 Å². The van der Waals surface area contributed by atoms with E-state index in [9.17, 15) is 17.6 Å². The van der Waals surface area contributed by atoms with Gasteiger partial charge in [0.15, 0.2) is 24.2 Å². The van der Waals surface area contributed by atoms with Crippen LogP contribution in [0.5, 0.6) is 5.75 Å². The fraction of sp³-hybridized carbons (Fsp3) is 0.714. The van der Waals surface area contributed by atoms with E-state index >= 15 is 0 Å². The van der Waals surface area contributed by atoms with Crippen LogP contribution in [0.2, 0.25) is 0 Å². The van der Waals surface area contributed by atoms with Crippen LogP contribution < -0.4 is 4.74 Å². The molecule has 0 atom stereocenters. The number of alkyl halides is 1. The van der Waals surface area contributed by atoms with Gasteiger partial charge in [-0.2, -0.15) is 4.39 Å². The molecule has 0 spiro atoms. The molecule has 158 valence electrons. The monoisotopic (exact) mass is 394 g/mol. The predicted molar refractivity (Wildman–Crippen MR) is 101 cm³/mol. The molecule has 3 rings (SSSR count). The first-order valence-corrected chi connectivity index (χ1v) is 9.81. The summed E-state index contributed by atoms with van der Waals surface area (Å²) in [7, 11) is 1.18. The highest BCUT2D eigenvalue weighted by atomic mass is 19.2. The van der Waals surface area contributed by atoms with Crippen molar-refractivity contribution in [3.05, 3.63) is 29.6 Å². The van der Waals surface area contributed by atoms with Gasteiger partial charge in [-0.05, 0) is 68.4 Å². The summed E-state index contributed by atoms with van der Waals surface area (Å²) in [5.74, 6) is -1.51. The third kappa shape index (κ3) is 6.37. The molecule has 1 aromatic rings. The summed E-state index contributed by atoms with van der Waals surface area (Å²) in [6.07, 6.45) is 10.6. The Morgan fingerprint density at radius 1 is 0.889 bits per heavy atom. The quantitative estimate of drug-likeness (QED) is 0.408. The number of halogens is 4. The van der Waals surface area contributed by atoms with Crippen LogP contribution in [0, 0.1) is 35.2 Å². The zero-order valence-corrected chi connectivity index (χ0v) is 16.2. The maximum absolute atomic E-state index is 12.5. The first-order valence-electron chi connectivity index (χ1n) is 9.81. The number of ether oxygens (including phenoxy) is 2. The van der Waals surface area contributed by atoms with E-state index in [0.29, 0.717) is 0 Å². The summed E-state index contributed by atoms with van der Waals surface area (Å²) in [5, 5.41) is 0. The van der Waals surface area contributed by atoms with Gasteiger partial charge in [-0.25, -0.2) is 13.2 Å². The van der Waals surface area contributed by atoms with Gasteiger partial charge in [-0.15, -0.1) is 0 Å². The molecule has 6 heteroatoms. The summed E-state index contributed by atoms with van der Waals surface area (Å²) < 4.78 is 58.6. The van der Waals surface area contributed by atoms with Gasteiger partial charge in [0, 0.05) is 2.85 Å². The van der Waals surface area contributed by atoms with E-state index < -0.39 is 24.3 Å². The smallest absolute Gasteiger partial charge is 0.203 e. The van der Waals surface area contributed by atoms with Crippen LogP contribution in [0.1, 0.15) is 61.1 Å². The van der Waals surface area contributed by atoms with E-state index in [1.54, 1.807) is 0 Å². The molecule has 2 fully saturated rings. The van der Waals surface area contributed by atoms with Crippen LogP contribution in [0.25, 0.3) is 0 Å². The molecule has 0 N–H and O–H groups in total. The average molecular weight is 394 g/mol. The van der Waals surface area contributed by atoms with Crippen LogP contribution >= 0.6 is 0 Å². The van der Waals surface area contributed by atoms with Crippen molar-refractivity contribution in [2.75, 3.05) is 14.0 Å². The van der Waals surface area contributed by atoms with E-state index in [-0.39, 0.29) is 14.7 Å². The van der Waals surface area contributed by atoms with Gasteiger partial charge in [0.2, 0.25) is 5.82 Å². The van der Waals surface area contributed by atoms with Crippen LogP contribution in [0.4, 0.5) is 17.6 Å². The maximum atomic E-state index is 12.5. The molecule has 0 saturated heterocycles. The summed E-state index contributed by atoms with van der Waals surface area (Å²) >= 11 is 0. The molecule has 2 nitrogen and oxygen atoms in total. The Kier molecular flexibility index (Phi) is 8.87. The summed E-state index contributed by atoms with van der Waals surface area (Å²) in [4.78, 5) is 0. The van der Waals surface area contributed by atoms with Gasteiger partial charge in [0.1, 0.15) is 0 Å². The van der Waals surface area contributed by atoms with E-state index in [1.165, 1.54) is 45.6 Å². The Morgan fingerprint density at radius 2 is 1.44 bits per heavy atom. The number of hydrogen-bond donors (Lipinski definition) is 0. The second-order valence-electron chi connectivity index (χ2n) is 7.71. The van der Waals surface area contributed by atoms with Gasteiger partial charge < -0.3 is 9.47 Å². The summed E-state index contributed by atoms with van der Waals surface area (Å²) in [6.45, 7) is 1.78. The molecule has 0 bridgehead atoms. The molecule has 0 radical (unpaired) electrons. The standard InChI is InChI=1S/C14H25FO.C7H5F3O.2H2/c1-11-2-4-12(5-3-11)13-6-8-14(9-7-13)16-10-15;1-11-5-3-2-4(8)6(9)7(5)10;;/h11-14H,2-10H2,1H3;2-3H,1H3;2*1H. The topological polar surface area (TPSA) is 18.5 Å². The van der Waals surface area contributed by atoms with Crippen LogP contribution in [0.3, 0.4) is 0 Å². The van der Waals surface area contributed by atoms with Crippen LogP contribution in [-0.2, 0) is 4.74 Å². The Labute approximate surface area is 162 Å². The summed E-state index contributed by atoms with van der Waals surface area (Å²) in [5.41, 5.74) is 0. The number of benzene rings is 1. The van der Waals surface area contributed by atoms with Crippen molar-refractivity contribution < 1.29 is 29.9 Å². The molecule has 0 amide bonds. The first-order chi connectivity index (χ1) is 13.0. The molecule has 0 unspecified atom stereocenters. The van der Waals surface area contributed by atoms with Crippen molar-refractivity contribution in [1.82, 2.24) is 0 Å². The lowest BCUT2D eigenvalue weighted by Crippen LogP contribution is -2.28. The zero-order valence-electron chi connectivity index (χ0n) is 16.2. The second kappa shape index (κ2) is 10.9. The zero-order chi connectivity index (χ0) is 19.8. The fourth-order valence-electron chi connectivity index (χ4n) is 4.24. The highest BCUT2D eigenvalue weighted by Gasteiger charge is 2.30. The van der Waals surface area contributed by atoms with Gasteiger partial charge in [-0.1, -0.05) is 19.8 Å². The van der Waals surface area contributed by atoms with Gasteiger partial charge in [0.25, 0.3) is 0 Å². The van der Waals surface area contributed by atoms with Crippen LogP contribution in [-0.4, -0.2) is 20.1 Å². The van der Waals surface area contributed by atoms with Crippen molar-refractivity contribution in [1.29, 1.82) is 0 Å². The average Bonchev–Trinajstić information content (AvgIpc) is 2.68. The molecule has 2 aliphatic carbocycles. The fourth-order valence-corrected chi connectivity index (χ4v) is 4.24. The number of hydrogen-bond acceptors (Lipinski definition) is 2. The third-order valence-corrected chi connectivity index (χ3v) is 5.96. The number of methoxy groups -OCH3 is 1.